The number of carbonyl (C=O) groups excluding carboxylic acids is 2. The molecular weight excluding hydrogens is 438 g/mol. The average molecular weight is 474 g/mol. The fraction of sp³-hybridized carbons (Fsp3) is 0.440. The van der Waals surface area contributed by atoms with Gasteiger partial charge < -0.3 is 10.2 Å². The topological polar surface area (TPSA) is 86.8 Å². The number of para-hydroxylation sites is 1. The number of hydrogen-bond acceptors (Lipinski definition) is 4. The number of nitrogens with one attached hydrogen (secondary N) is 1. The van der Waals surface area contributed by atoms with Gasteiger partial charge >= 0.3 is 0 Å². The summed E-state index contributed by atoms with van der Waals surface area (Å²) in [6.07, 6.45) is 1.71. The molecule has 0 radical (unpaired) electrons. The van der Waals surface area contributed by atoms with Gasteiger partial charge in [-0.1, -0.05) is 55.5 Å². The Morgan fingerprint density at radius 1 is 1.00 bits per heavy atom. The Hall–Kier alpha value is -2.87. The molecule has 0 aliphatic rings. The van der Waals surface area contributed by atoms with Crippen LogP contribution in [0.25, 0.3) is 0 Å². The van der Waals surface area contributed by atoms with Crippen LogP contribution < -0.4 is 9.62 Å². The zero-order valence-corrected chi connectivity index (χ0v) is 21.1. The van der Waals surface area contributed by atoms with Crippen LogP contribution in [-0.4, -0.2) is 49.5 Å². The molecule has 0 saturated carbocycles. The lowest BCUT2D eigenvalue weighted by Crippen LogP contribution is -2.54. The molecule has 0 heterocycles. The monoisotopic (exact) mass is 473 g/mol. The van der Waals surface area contributed by atoms with Crippen molar-refractivity contribution in [3.63, 3.8) is 0 Å². The molecule has 2 aromatic rings. The van der Waals surface area contributed by atoms with Gasteiger partial charge in [-0.3, -0.25) is 13.9 Å². The number of benzene rings is 2. The van der Waals surface area contributed by atoms with Gasteiger partial charge in [-0.05, 0) is 51.3 Å². The summed E-state index contributed by atoms with van der Waals surface area (Å²) in [5, 5.41) is 2.91. The number of nitrogens with zero attached hydrogens (tertiary/aromatic N) is 2. The Bertz CT molecular complexity index is 1060. The second-order valence-corrected chi connectivity index (χ2v) is 11.1. The number of aryl methyl sites for hydroxylation is 1. The van der Waals surface area contributed by atoms with Crippen molar-refractivity contribution < 1.29 is 18.0 Å². The van der Waals surface area contributed by atoms with E-state index in [1.165, 1.54) is 4.90 Å². The smallest absolute Gasteiger partial charge is 0.244 e. The first-order valence-electron chi connectivity index (χ1n) is 11.0. The number of carbonyl (C=O) groups is 2. The summed E-state index contributed by atoms with van der Waals surface area (Å²) in [7, 11) is -3.74. The number of anilines is 1. The van der Waals surface area contributed by atoms with Gasteiger partial charge in [0.15, 0.2) is 0 Å². The fourth-order valence-electron chi connectivity index (χ4n) is 3.48. The quantitative estimate of drug-likeness (QED) is 0.605. The fourth-order valence-corrected chi connectivity index (χ4v) is 4.37. The van der Waals surface area contributed by atoms with Gasteiger partial charge in [-0.25, -0.2) is 8.42 Å². The van der Waals surface area contributed by atoms with Crippen LogP contribution in [0.1, 0.15) is 45.7 Å². The molecule has 7 nitrogen and oxygen atoms in total. The van der Waals surface area contributed by atoms with E-state index in [4.69, 9.17) is 0 Å². The van der Waals surface area contributed by atoms with E-state index in [1.807, 2.05) is 70.2 Å². The Kier molecular flexibility index (Phi) is 8.66. The minimum Gasteiger partial charge on any atom is -0.350 e. The van der Waals surface area contributed by atoms with Gasteiger partial charge in [-0.2, -0.15) is 0 Å². The summed E-state index contributed by atoms with van der Waals surface area (Å²) in [5.41, 5.74) is 1.68. The van der Waals surface area contributed by atoms with E-state index >= 15 is 0 Å². The number of sulfonamides is 1. The standard InChI is InChI=1S/C25H35N3O4S/c1-7-21-15-11-12-16-22(21)28(33(6,31)32)18-23(29)27(17-20-13-9-8-10-14-20)19(2)24(30)26-25(3,4)5/h8-16,19H,7,17-18H2,1-6H3,(H,26,30). The van der Waals surface area contributed by atoms with E-state index < -0.39 is 34.1 Å². The first-order chi connectivity index (χ1) is 15.3. The summed E-state index contributed by atoms with van der Waals surface area (Å²) in [5.74, 6) is -0.751. The molecule has 0 aromatic heterocycles. The zero-order chi connectivity index (χ0) is 24.8. The largest absolute Gasteiger partial charge is 0.350 e. The average Bonchev–Trinajstić information content (AvgIpc) is 2.74. The molecule has 0 fully saturated rings. The molecule has 0 spiro atoms. The molecule has 8 heteroatoms. The summed E-state index contributed by atoms with van der Waals surface area (Å²) >= 11 is 0. The van der Waals surface area contributed by atoms with Crippen molar-refractivity contribution in [1.82, 2.24) is 10.2 Å². The molecular formula is C25H35N3O4S. The van der Waals surface area contributed by atoms with E-state index in [0.29, 0.717) is 12.1 Å². The third-order valence-corrected chi connectivity index (χ3v) is 6.31. The van der Waals surface area contributed by atoms with E-state index in [1.54, 1.807) is 19.1 Å². The normalized spacial score (nSPS) is 12.7. The third kappa shape index (κ3) is 7.60. The highest BCUT2D eigenvalue weighted by molar-refractivity contribution is 7.92. The first-order valence-corrected chi connectivity index (χ1v) is 12.9. The molecule has 1 atom stereocenters. The van der Waals surface area contributed by atoms with Crippen molar-refractivity contribution in [2.45, 2.75) is 59.2 Å². The summed E-state index contributed by atoms with van der Waals surface area (Å²) in [6, 6.07) is 15.7. The molecule has 0 saturated heterocycles. The molecule has 33 heavy (non-hydrogen) atoms. The van der Waals surface area contributed by atoms with E-state index in [9.17, 15) is 18.0 Å². The van der Waals surface area contributed by atoms with Crippen LogP contribution in [0.2, 0.25) is 0 Å². The van der Waals surface area contributed by atoms with Gasteiger partial charge in [-0.15, -0.1) is 0 Å². The Labute approximate surface area is 197 Å². The lowest BCUT2D eigenvalue weighted by Gasteiger charge is -2.33. The van der Waals surface area contributed by atoms with Gasteiger partial charge in [0, 0.05) is 12.1 Å². The molecule has 0 aliphatic carbocycles. The summed E-state index contributed by atoms with van der Waals surface area (Å²) in [6.45, 7) is 8.99. The Morgan fingerprint density at radius 3 is 2.12 bits per heavy atom. The predicted octanol–water partition coefficient (Wildman–Crippen LogP) is 3.35. The molecule has 2 aromatic carbocycles. The minimum absolute atomic E-state index is 0.186. The highest BCUT2D eigenvalue weighted by atomic mass is 32.2. The summed E-state index contributed by atoms with van der Waals surface area (Å²) in [4.78, 5) is 27.9. The van der Waals surface area contributed by atoms with Gasteiger partial charge in [0.25, 0.3) is 0 Å². The second kappa shape index (κ2) is 10.8. The molecule has 1 unspecified atom stereocenters. The first kappa shape index (κ1) is 26.4. The summed E-state index contributed by atoms with van der Waals surface area (Å²) < 4.78 is 26.5. The van der Waals surface area contributed by atoms with Crippen LogP contribution in [0.3, 0.4) is 0 Å². The molecule has 1 N–H and O–H groups in total. The van der Waals surface area contributed by atoms with Gasteiger partial charge in [0.1, 0.15) is 12.6 Å². The number of hydrogen-bond donors (Lipinski definition) is 1. The Morgan fingerprint density at radius 2 is 1.58 bits per heavy atom. The minimum atomic E-state index is -3.74. The van der Waals surface area contributed by atoms with Gasteiger partial charge in [0.05, 0.1) is 11.9 Å². The zero-order valence-electron chi connectivity index (χ0n) is 20.3. The maximum atomic E-state index is 13.5. The molecule has 2 amide bonds. The van der Waals surface area contributed by atoms with E-state index in [0.717, 1.165) is 21.7 Å². The van der Waals surface area contributed by atoms with Crippen molar-refractivity contribution in [3.05, 3.63) is 65.7 Å². The Balaban J connectivity index is 2.41. The van der Waals surface area contributed by atoms with Crippen molar-refractivity contribution in [1.29, 1.82) is 0 Å². The van der Waals surface area contributed by atoms with Crippen LogP contribution in [0, 0.1) is 0 Å². The lowest BCUT2D eigenvalue weighted by molar-refractivity contribution is -0.140. The van der Waals surface area contributed by atoms with Crippen LogP contribution >= 0.6 is 0 Å². The van der Waals surface area contributed by atoms with Crippen molar-refractivity contribution in [2.24, 2.45) is 0 Å². The number of amides is 2. The van der Waals surface area contributed by atoms with Crippen LogP contribution in [-0.2, 0) is 32.6 Å². The second-order valence-electron chi connectivity index (χ2n) is 9.17. The highest BCUT2D eigenvalue weighted by Gasteiger charge is 2.31. The highest BCUT2D eigenvalue weighted by Crippen LogP contribution is 2.24. The maximum absolute atomic E-state index is 13.5. The molecule has 0 aliphatic heterocycles. The van der Waals surface area contributed by atoms with Crippen LogP contribution in [0.5, 0.6) is 0 Å². The number of rotatable bonds is 9. The van der Waals surface area contributed by atoms with Crippen LogP contribution in [0.15, 0.2) is 54.6 Å². The van der Waals surface area contributed by atoms with E-state index in [2.05, 4.69) is 5.32 Å². The van der Waals surface area contributed by atoms with Crippen molar-refractivity contribution in [3.8, 4) is 0 Å². The molecule has 180 valence electrons. The van der Waals surface area contributed by atoms with Crippen molar-refractivity contribution >= 4 is 27.5 Å². The maximum Gasteiger partial charge on any atom is 0.244 e. The molecule has 2 rings (SSSR count). The molecule has 0 bridgehead atoms. The SMILES string of the molecule is CCc1ccccc1N(CC(=O)N(Cc1ccccc1)C(C)C(=O)NC(C)(C)C)S(C)(=O)=O. The van der Waals surface area contributed by atoms with Crippen molar-refractivity contribution in [2.75, 3.05) is 17.1 Å². The van der Waals surface area contributed by atoms with E-state index in [-0.39, 0.29) is 12.5 Å². The third-order valence-electron chi connectivity index (χ3n) is 5.18. The van der Waals surface area contributed by atoms with Crippen LogP contribution in [0.4, 0.5) is 5.69 Å². The lowest BCUT2D eigenvalue weighted by atomic mass is 10.1. The van der Waals surface area contributed by atoms with Gasteiger partial charge in [0.2, 0.25) is 21.8 Å². The predicted molar refractivity (Wildman–Crippen MR) is 132 cm³/mol.